The van der Waals surface area contributed by atoms with Gasteiger partial charge in [-0.3, -0.25) is 0 Å². The van der Waals surface area contributed by atoms with Gasteiger partial charge in [0.1, 0.15) is 5.82 Å². The van der Waals surface area contributed by atoms with E-state index in [0.29, 0.717) is 32.0 Å². The average molecular weight is 284 g/mol. The van der Waals surface area contributed by atoms with Crippen LogP contribution >= 0.6 is 0 Å². The van der Waals surface area contributed by atoms with E-state index in [1.165, 1.54) is 6.07 Å². The first-order valence-electron chi connectivity index (χ1n) is 6.88. The van der Waals surface area contributed by atoms with Gasteiger partial charge in [0.15, 0.2) is 0 Å². The van der Waals surface area contributed by atoms with Crippen molar-refractivity contribution in [1.29, 1.82) is 0 Å². The summed E-state index contributed by atoms with van der Waals surface area (Å²) in [5.41, 5.74) is 7.35. The van der Waals surface area contributed by atoms with Crippen molar-refractivity contribution in [3.8, 4) is 0 Å². The standard InChI is InChI=1S/C15H25FN2O2/c1-12(17)13-6-4-7-14(16)15(13)18(9-11-20-3)8-5-10-19-2/h4,6-7,12H,5,8-11,17H2,1-3H3/t12-/m1/s1. The minimum atomic E-state index is -0.242. The van der Waals surface area contributed by atoms with Crippen LogP contribution < -0.4 is 10.6 Å². The lowest BCUT2D eigenvalue weighted by Crippen LogP contribution is -2.31. The SMILES string of the molecule is COCCCN(CCOC)c1c(F)cccc1[C@@H](C)N. The predicted molar refractivity (Wildman–Crippen MR) is 79.6 cm³/mol. The minimum absolute atomic E-state index is 0.215. The number of anilines is 1. The summed E-state index contributed by atoms with van der Waals surface area (Å²) < 4.78 is 24.4. The zero-order chi connectivity index (χ0) is 15.0. The molecule has 0 fully saturated rings. The molecule has 1 rings (SSSR count). The number of nitrogens with zero attached hydrogens (tertiary/aromatic N) is 1. The molecule has 5 heteroatoms. The number of halogens is 1. The Kier molecular flexibility index (Phi) is 7.51. The monoisotopic (exact) mass is 284 g/mol. The Morgan fingerprint density at radius 2 is 1.90 bits per heavy atom. The summed E-state index contributed by atoms with van der Waals surface area (Å²) in [6.45, 7) is 4.38. The molecule has 0 radical (unpaired) electrons. The highest BCUT2D eigenvalue weighted by molar-refractivity contribution is 5.56. The summed E-state index contributed by atoms with van der Waals surface area (Å²) in [7, 11) is 3.30. The number of methoxy groups -OCH3 is 2. The van der Waals surface area contributed by atoms with Crippen molar-refractivity contribution in [3.63, 3.8) is 0 Å². The van der Waals surface area contributed by atoms with Crippen LogP contribution in [0.4, 0.5) is 10.1 Å². The summed E-state index contributed by atoms with van der Waals surface area (Å²) in [5.74, 6) is -0.242. The van der Waals surface area contributed by atoms with Gasteiger partial charge in [0, 0.05) is 40.0 Å². The molecule has 0 aliphatic carbocycles. The van der Waals surface area contributed by atoms with Crippen LogP contribution in [0.15, 0.2) is 18.2 Å². The number of ether oxygens (including phenoxy) is 2. The van der Waals surface area contributed by atoms with Crippen LogP contribution in [0.3, 0.4) is 0 Å². The highest BCUT2D eigenvalue weighted by atomic mass is 19.1. The van der Waals surface area contributed by atoms with E-state index < -0.39 is 0 Å². The van der Waals surface area contributed by atoms with Crippen molar-refractivity contribution >= 4 is 5.69 Å². The molecule has 2 N–H and O–H groups in total. The molecule has 0 unspecified atom stereocenters. The summed E-state index contributed by atoms with van der Waals surface area (Å²) >= 11 is 0. The first kappa shape index (κ1) is 16.9. The highest BCUT2D eigenvalue weighted by Crippen LogP contribution is 2.28. The van der Waals surface area contributed by atoms with Crippen molar-refractivity contribution in [2.24, 2.45) is 5.73 Å². The Balaban J connectivity index is 2.98. The second-order valence-electron chi connectivity index (χ2n) is 4.79. The fourth-order valence-corrected chi connectivity index (χ4v) is 2.17. The van der Waals surface area contributed by atoms with E-state index in [1.54, 1.807) is 20.3 Å². The van der Waals surface area contributed by atoms with Crippen LogP contribution in [0.2, 0.25) is 0 Å². The van der Waals surface area contributed by atoms with Crippen molar-refractivity contribution in [1.82, 2.24) is 0 Å². The average Bonchev–Trinajstić information content (AvgIpc) is 2.43. The second-order valence-corrected chi connectivity index (χ2v) is 4.79. The van der Waals surface area contributed by atoms with Gasteiger partial charge in [-0.05, 0) is 25.0 Å². The molecule has 0 amide bonds. The minimum Gasteiger partial charge on any atom is -0.385 e. The summed E-state index contributed by atoms with van der Waals surface area (Å²) in [4.78, 5) is 1.98. The molecule has 0 heterocycles. The van der Waals surface area contributed by atoms with E-state index in [0.717, 1.165) is 12.0 Å². The number of hydrogen-bond donors (Lipinski definition) is 1. The predicted octanol–water partition coefficient (Wildman–Crippen LogP) is 2.33. The van der Waals surface area contributed by atoms with Crippen molar-refractivity contribution < 1.29 is 13.9 Å². The molecule has 0 spiro atoms. The van der Waals surface area contributed by atoms with Gasteiger partial charge in [0.2, 0.25) is 0 Å². The topological polar surface area (TPSA) is 47.7 Å². The molecule has 20 heavy (non-hydrogen) atoms. The molecular weight excluding hydrogens is 259 g/mol. The molecule has 4 nitrogen and oxygen atoms in total. The van der Waals surface area contributed by atoms with Crippen LogP contribution in [-0.4, -0.2) is 40.5 Å². The van der Waals surface area contributed by atoms with E-state index in [9.17, 15) is 4.39 Å². The first-order valence-corrected chi connectivity index (χ1v) is 6.88. The molecule has 1 aromatic carbocycles. The zero-order valence-electron chi connectivity index (χ0n) is 12.6. The molecule has 0 saturated carbocycles. The fraction of sp³-hybridized carbons (Fsp3) is 0.600. The molecule has 1 aromatic rings. The van der Waals surface area contributed by atoms with Gasteiger partial charge in [-0.2, -0.15) is 0 Å². The summed E-state index contributed by atoms with van der Waals surface area (Å²) in [6.07, 6.45) is 0.826. The Labute approximate surface area is 120 Å². The maximum atomic E-state index is 14.2. The number of nitrogens with two attached hydrogens (primary N) is 1. The second kappa shape index (κ2) is 8.89. The number of rotatable bonds is 9. The third-order valence-corrected chi connectivity index (χ3v) is 3.17. The number of hydrogen-bond acceptors (Lipinski definition) is 4. The van der Waals surface area contributed by atoms with Gasteiger partial charge >= 0.3 is 0 Å². The Morgan fingerprint density at radius 3 is 2.50 bits per heavy atom. The quantitative estimate of drug-likeness (QED) is 0.707. The van der Waals surface area contributed by atoms with Crippen LogP contribution in [-0.2, 0) is 9.47 Å². The molecular formula is C15H25FN2O2. The molecule has 0 aliphatic heterocycles. The van der Waals surface area contributed by atoms with Gasteiger partial charge in [0.05, 0.1) is 12.3 Å². The van der Waals surface area contributed by atoms with Gasteiger partial charge in [-0.1, -0.05) is 12.1 Å². The van der Waals surface area contributed by atoms with Crippen LogP contribution in [0.25, 0.3) is 0 Å². The molecule has 1 atom stereocenters. The van der Waals surface area contributed by atoms with Gasteiger partial charge < -0.3 is 20.1 Å². The maximum absolute atomic E-state index is 14.2. The van der Waals surface area contributed by atoms with Crippen LogP contribution in [0, 0.1) is 5.82 Å². The highest BCUT2D eigenvalue weighted by Gasteiger charge is 2.17. The lowest BCUT2D eigenvalue weighted by Gasteiger charge is -2.28. The smallest absolute Gasteiger partial charge is 0.146 e. The Hall–Kier alpha value is -1.17. The third-order valence-electron chi connectivity index (χ3n) is 3.17. The van der Waals surface area contributed by atoms with E-state index >= 15 is 0 Å². The van der Waals surface area contributed by atoms with Gasteiger partial charge in [-0.25, -0.2) is 4.39 Å². The van der Waals surface area contributed by atoms with E-state index in [2.05, 4.69) is 0 Å². The normalized spacial score (nSPS) is 12.4. The molecule has 114 valence electrons. The third kappa shape index (κ3) is 4.74. The van der Waals surface area contributed by atoms with Crippen LogP contribution in [0.1, 0.15) is 24.9 Å². The largest absolute Gasteiger partial charge is 0.385 e. The Morgan fingerprint density at radius 1 is 1.20 bits per heavy atom. The maximum Gasteiger partial charge on any atom is 0.146 e. The summed E-state index contributed by atoms with van der Waals surface area (Å²) in [6, 6.07) is 4.82. The van der Waals surface area contributed by atoms with Gasteiger partial charge in [0.25, 0.3) is 0 Å². The molecule has 0 bridgehead atoms. The zero-order valence-corrected chi connectivity index (χ0v) is 12.6. The van der Waals surface area contributed by atoms with Crippen molar-refractivity contribution in [2.75, 3.05) is 45.4 Å². The molecule has 0 aliphatic rings. The van der Waals surface area contributed by atoms with Crippen molar-refractivity contribution in [2.45, 2.75) is 19.4 Å². The summed E-state index contributed by atoms with van der Waals surface area (Å²) in [5, 5.41) is 0. The fourth-order valence-electron chi connectivity index (χ4n) is 2.17. The van der Waals surface area contributed by atoms with E-state index in [4.69, 9.17) is 15.2 Å². The van der Waals surface area contributed by atoms with Gasteiger partial charge in [-0.15, -0.1) is 0 Å². The number of benzene rings is 1. The molecule has 0 aromatic heterocycles. The Bertz CT molecular complexity index is 399. The van der Waals surface area contributed by atoms with E-state index in [1.807, 2.05) is 17.9 Å². The molecule has 0 saturated heterocycles. The first-order chi connectivity index (χ1) is 9.61. The number of para-hydroxylation sites is 1. The van der Waals surface area contributed by atoms with Crippen molar-refractivity contribution in [3.05, 3.63) is 29.6 Å². The van der Waals surface area contributed by atoms with E-state index in [-0.39, 0.29) is 11.9 Å². The van der Waals surface area contributed by atoms with Crippen LogP contribution in [0.5, 0.6) is 0 Å². The lowest BCUT2D eigenvalue weighted by molar-refractivity contribution is 0.190. The lowest BCUT2D eigenvalue weighted by atomic mass is 10.0.